The van der Waals surface area contributed by atoms with Crippen LogP contribution < -0.4 is 9.47 Å². The summed E-state index contributed by atoms with van der Waals surface area (Å²) in [7, 11) is -0.809. The zero-order chi connectivity index (χ0) is 21.2. The van der Waals surface area contributed by atoms with Gasteiger partial charge in [-0.1, -0.05) is 20.8 Å². The monoisotopic (exact) mass is 423 g/mol. The molecular weight excluding hydrogens is 394 g/mol. The lowest BCUT2D eigenvalue weighted by atomic mass is 9.92. The van der Waals surface area contributed by atoms with E-state index in [-0.39, 0.29) is 22.0 Å². The predicted octanol–water partition coefficient (Wildman–Crippen LogP) is 3.24. The summed E-state index contributed by atoms with van der Waals surface area (Å²) in [6, 6.07) is 4.77. The van der Waals surface area contributed by atoms with Crippen LogP contribution in [-0.4, -0.2) is 50.2 Å². The van der Waals surface area contributed by atoms with Crippen molar-refractivity contribution >= 4 is 10.0 Å². The Hall–Kier alpha value is -2.13. The predicted molar refractivity (Wildman–Crippen MR) is 108 cm³/mol. The van der Waals surface area contributed by atoms with E-state index in [2.05, 4.69) is 31.0 Å². The number of hydrogen-bond donors (Lipinski definition) is 0. The number of sulfonamides is 1. The Balaban J connectivity index is 1.83. The van der Waals surface area contributed by atoms with Crippen LogP contribution in [-0.2, 0) is 16.4 Å². The van der Waals surface area contributed by atoms with Crippen LogP contribution in [0.5, 0.6) is 11.5 Å². The first-order chi connectivity index (χ1) is 13.6. The van der Waals surface area contributed by atoms with Gasteiger partial charge in [-0.25, -0.2) is 8.42 Å². The van der Waals surface area contributed by atoms with E-state index in [4.69, 9.17) is 13.9 Å². The minimum atomic E-state index is -3.76. The normalized spacial score (nSPS) is 18.6. The molecule has 29 heavy (non-hydrogen) atoms. The molecule has 0 aliphatic carbocycles. The minimum absolute atomic E-state index is 0.0364. The molecule has 8 nitrogen and oxygen atoms in total. The van der Waals surface area contributed by atoms with E-state index in [9.17, 15) is 8.42 Å². The number of piperidine rings is 1. The summed E-state index contributed by atoms with van der Waals surface area (Å²) in [6.07, 6.45) is 2.20. The fraction of sp³-hybridized carbons (Fsp3) is 0.600. The van der Waals surface area contributed by atoms with Crippen molar-refractivity contribution in [2.45, 2.75) is 50.8 Å². The molecule has 9 heteroatoms. The molecule has 0 bridgehead atoms. The van der Waals surface area contributed by atoms with Gasteiger partial charge in [-0.05, 0) is 30.4 Å². The number of benzene rings is 1. The van der Waals surface area contributed by atoms with Crippen LogP contribution in [0.1, 0.15) is 51.3 Å². The van der Waals surface area contributed by atoms with Crippen molar-refractivity contribution in [3.63, 3.8) is 0 Å². The van der Waals surface area contributed by atoms with Crippen molar-refractivity contribution in [1.29, 1.82) is 0 Å². The van der Waals surface area contributed by atoms with Crippen molar-refractivity contribution in [1.82, 2.24) is 14.5 Å². The highest BCUT2D eigenvalue weighted by atomic mass is 32.2. The second kappa shape index (κ2) is 8.31. The Morgan fingerprint density at radius 2 is 1.97 bits per heavy atom. The van der Waals surface area contributed by atoms with Crippen molar-refractivity contribution in [2.24, 2.45) is 5.41 Å². The first-order valence-corrected chi connectivity index (χ1v) is 11.1. The summed E-state index contributed by atoms with van der Waals surface area (Å²) < 4.78 is 44.5. The Morgan fingerprint density at radius 1 is 1.21 bits per heavy atom. The van der Waals surface area contributed by atoms with Gasteiger partial charge in [0.25, 0.3) is 0 Å². The van der Waals surface area contributed by atoms with Gasteiger partial charge in [-0.3, -0.25) is 0 Å². The molecule has 1 aliphatic rings. The Morgan fingerprint density at radius 3 is 2.62 bits per heavy atom. The highest BCUT2D eigenvalue weighted by molar-refractivity contribution is 7.89. The molecule has 0 saturated carbocycles. The molecule has 0 unspecified atom stereocenters. The van der Waals surface area contributed by atoms with Gasteiger partial charge >= 0.3 is 0 Å². The average Bonchev–Trinajstić information content (AvgIpc) is 3.14. The van der Waals surface area contributed by atoms with E-state index < -0.39 is 10.0 Å². The molecule has 1 fully saturated rings. The topological polar surface area (TPSA) is 94.8 Å². The quantitative estimate of drug-likeness (QED) is 0.704. The van der Waals surface area contributed by atoms with Crippen LogP contribution in [0.15, 0.2) is 27.5 Å². The lowest BCUT2D eigenvalue weighted by Crippen LogP contribution is -2.39. The molecular formula is C20H29N3O5S. The first-order valence-electron chi connectivity index (χ1n) is 9.68. The standard InChI is InChI=1S/C20H29N3O5S/c1-20(2,3)12-18-21-22-19(28-18)14-7-6-10-23(13-14)29(24,25)17-11-15(26-4)8-9-16(17)27-5/h8-9,11,14H,6-7,10,12-13H2,1-5H3/t14-/m0/s1. The summed E-state index contributed by atoms with van der Waals surface area (Å²) >= 11 is 0. The lowest BCUT2D eigenvalue weighted by molar-refractivity contribution is 0.273. The van der Waals surface area contributed by atoms with Crippen molar-refractivity contribution in [3.8, 4) is 11.5 Å². The molecule has 1 saturated heterocycles. The van der Waals surface area contributed by atoms with E-state index >= 15 is 0 Å². The molecule has 0 amide bonds. The van der Waals surface area contributed by atoms with Gasteiger partial charge in [-0.15, -0.1) is 10.2 Å². The minimum Gasteiger partial charge on any atom is -0.497 e. The third kappa shape index (κ3) is 4.90. The third-order valence-electron chi connectivity index (χ3n) is 4.89. The van der Waals surface area contributed by atoms with Gasteiger partial charge < -0.3 is 13.9 Å². The Bertz CT molecular complexity index is 949. The number of rotatable bonds is 6. The molecule has 0 N–H and O–H groups in total. The second-order valence-electron chi connectivity index (χ2n) is 8.49. The smallest absolute Gasteiger partial charge is 0.246 e. The molecule has 0 radical (unpaired) electrons. The number of methoxy groups -OCH3 is 2. The van der Waals surface area contributed by atoms with Gasteiger partial charge in [-0.2, -0.15) is 4.31 Å². The zero-order valence-electron chi connectivity index (χ0n) is 17.6. The van der Waals surface area contributed by atoms with Crippen LogP contribution in [0.2, 0.25) is 0 Å². The zero-order valence-corrected chi connectivity index (χ0v) is 18.5. The number of nitrogens with zero attached hydrogens (tertiary/aromatic N) is 3. The van der Waals surface area contributed by atoms with Crippen LogP contribution >= 0.6 is 0 Å². The molecule has 1 aliphatic heterocycles. The fourth-order valence-electron chi connectivity index (χ4n) is 3.44. The third-order valence-corrected chi connectivity index (χ3v) is 6.77. The Kier molecular flexibility index (Phi) is 6.19. The maximum atomic E-state index is 13.3. The van der Waals surface area contributed by atoms with E-state index in [1.807, 2.05) is 0 Å². The van der Waals surface area contributed by atoms with Crippen LogP contribution in [0.4, 0.5) is 0 Å². The lowest BCUT2D eigenvalue weighted by Gasteiger charge is -2.30. The van der Waals surface area contributed by atoms with Gasteiger partial charge in [0, 0.05) is 25.6 Å². The molecule has 1 aromatic carbocycles. The van der Waals surface area contributed by atoms with Crippen molar-refractivity contribution in [3.05, 3.63) is 30.0 Å². The van der Waals surface area contributed by atoms with E-state index in [1.54, 1.807) is 12.1 Å². The summed E-state index contributed by atoms with van der Waals surface area (Å²) in [5, 5.41) is 8.34. The van der Waals surface area contributed by atoms with E-state index in [0.717, 1.165) is 6.42 Å². The summed E-state index contributed by atoms with van der Waals surface area (Å²) in [5.74, 6) is 1.71. The Labute approximate surface area is 172 Å². The highest BCUT2D eigenvalue weighted by Gasteiger charge is 2.35. The van der Waals surface area contributed by atoms with Crippen LogP contribution in [0, 0.1) is 5.41 Å². The van der Waals surface area contributed by atoms with Crippen molar-refractivity contribution in [2.75, 3.05) is 27.3 Å². The molecule has 160 valence electrons. The van der Waals surface area contributed by atoms with Crippen LogP contribution in [0.25, 0.3) is 0 Å². The fourth-order valence-corrected chi connectivity index (χ4v) is 5.14. The number of ether oxygens (including phenoxy) is 2. The van der Waals surface area contributed by atoms with Gasteiger partial charge in [0.1, 0.15) is 16.4 Å². The van der Waals surface area contributed by atoms with Gasteiger partial charge in [0.2, 0.25) is 21.8 Å². The summed E-state index contributed by atoms with van der Waals surface area (Å²) in [5.41, 5.74) is 0.0364. The van der Waals surface area contributed by atoms with E-state index in [0.29, 0.717) is 43.5 Å². The molecule has 3 rings (SSSR count). The number of aromatic nitrogens is 2. The SMILES string of the molecule is COc1ccc(OC)c(S(=O)(=O)N2CCC[C@H](c3nnc(CC(C)(C)C)o3)C2)c1. The molecule has 1 atom stereocenters. The molecule has 0 spiro atoms. The first kappa shape index (κ1) is 21.6. The number of hydrogen-bond acceptors (Lipinski definition) is 7. The van der Waals surface area contributed by atoms with Gasteiger partial charge in [0.05, 0.1) is 20.1 Å². The molecule has 2 heterocycles. The van der Waals surface area contributed by atoms with Crippen LogP contribution in [0.3, 0.4) is 0 Å². The molecule has 2 aromatic rings. The van der Waals surface area contributed by atoms with Gasteiger partial charge in [0.15, 0.2) is 0 Å². The summed E-state index contributed by atoms with van der Waals surface area (Å²) in [6.45, 7) is 7.04. The maximum Gasteiger partial charge on any atom is 0.246 e. The molecule has 1 aromatic heterocycles. The maximum absolute atomic E-state index is 13.3. The highest BCUT2D eigenvalue weighted by Crippen LogP contribution is 2.35. The summed E-state index contributed by atoms with van der Waals surface area (Å²) in [4.78, 5) is 0.0963. The van der Waals surface area contributed by atoms with E-state index in [1.165, 1.54) is 24.6 Å². The van der Waals surface area contributed by atoms with Crippen molar-refractivity contribution < 1.29 is 22.3 Å². The average molecular weight is 424 g/mol. The second-order valence-corrected chi connectivity index (χ2v) is 10.4. The largest absolute Gasteiger partial charge is 0.497 e.